The van der Waals surface area contributed by atoms with Crippen molar-refractivity contribution in [1.29, 1.82) is 0 Å². The van der Waals surface area contributed by atoms with Crippen LogP contribution in [0.3, 0.4) is 0 Å². The molecule has 3 N–H and O–H groups in total. The minimum atomic E-state index is -3.52. The molecule has 1 unspecified atom stereocenters. The Morgan fingerprint density at radius 3 is 2.48 bits per heavy atom. The average molecular weight is 717 g/mol. The molecule has 0 spiro atoms. The van der Waals surface area contributed by atoms with Gasteiger partial charge in [-0.1, -0.05) is 50.6 Å². The van der Waals surface area contributed by atoms with E-state index >= 15 is 0 Å². The maximum atomic E-state index is 12.1. The van der Waals surface area contributed by atoms with Crippen LogP contribution in [0.25, 0.3) is 0 Å². The Bertz CT molecular complexity index is 1610. The number of carboxylic acid groups (broad SMARTS) is 1. The van der Waals surface area contributed by atoms with Crippen molar-refractivity contribution in [2.45, 2.75) is 96.6 Å². The van der Waals surface area contributed by atoms with E-state index in [0.29, 0.717) is 29.2 Å². The van der Waals surface area contributed by atoms with E-state index in [1.54, 1.807) is 18.2 Å². The molecule has 264 valence electrons. The molecule has 2 aromatic carbocycles. The van der Waals surface area contributed by atoms with E-state index in [-0.39, 0.29) is 34.3 Å². The first-order chi connectivity index (χ1) is 22.5. The van der Waals surface area contributed by atoms with Crippen LogP contribution in [0.2, 0.25) is 23.2 Å². The molecule has 0 bridgehead atoms. The second-order valence-corrected chi connectivity index (χ2v) is 22.5. The Balaban J connectivity index is 1.41. The van der Waals surface area contributed by atoms with Crippen molar-refractivity contribution in [3.63, 3.8) is 0 Å². The van der Waals surface area contributed by atoms with Crippen LogP contribution in [-0.2, 0) is 27.5 Å². The molecule has 5 rings (SSSR count). The molecule has 0 saturated heterocycles. The van der Waals surface area contributed by atoms with E-state index < -0.39 is 24.3 Å². The summed E-state index contributed by atoms with van der Waals surface area (Å²) in [7, 11) is -5.65. The molecule has 0 radical (unpaired) electrons. The molecular weight excluding hydrogens is 664 g/mol. The van der Waals surface area contributed by atoms with Gasteiger partial charge < -0.3 is 19.2 Å². The number of hydrogen-bond donors (Lipinski definition) is 2. The van der Waals surface area contributed by atoms with Gasteiger partial charge in [0.25, 0.3) is 0 Å². The molecule has 0 amide bonds. The summed E-state index contributed by atoms with van der Waals surface area (Å²) in [6.45, 7) is 13.3. The quantitative estimate of drug-likeness (QED) is 0.189. The second kappa shape index (κ2) is 14.9. The van der Waals surface area contributed by atoms with Gasteiger partial charge in [-0.2, -0.15) is 0 Å². The third-order valence-corrected chi connectivity index (χ3v) is 16.9. The normalized spacial score (nSPS) is 24.4. The lowest BCUT2D eigenvalue weighted by molar-refractivity contribution is 0.0524. The summed E-state index contributed by atoms with van der Waals surface area (Å²) in [5.74, 6) is 0.626. The second-order valence-electron chi connectivity index (χ2n) is 15.7. The van der Waals surface area contributed by atoms with E-state index in [9.17, 15) is 18.3 Å². The Morgan fingerprint density at radius 1 is 1.10 bits per heavy atom. The highest BCUT2D eigenvalue weighted by atomic mass is 35.5. The van der Waals surface area contributed by atoms with Crippen LogP contribution in [0.1, 0.15) is 80.8 Å². The average Bonchev–Trinajstić information content (AvgIpc) is 2.99. The van der Waals surface area contributed by atoms with Crippen LogP contribution in [0.5, 0.6) is 5.75 Å². The molecule has 3 aliphatic rings. The number of aryl methyl sites for hydroxylation is 1. The van der Waals surface area contributed by atoms with Crippen LogP contribution in [0, 0.1) is 23.7 Å². The van der Waals surface area contributed by atoms with Gasteiger partial charge in [-0.05, 0) is 128 Å². The van der Waals surface area contributed by atoms with Gasteiger partial charge in [0, 0.05) is 18.1 Å². The number of allylic oxidation sites excluding steroid dienone is 1. The molecule has 48 heavy (non-hydrogen) atoms. The highest BCUT2D eigenvalue weighted by Crippen LogP contribution is 2.46. The number of fused-ring (bicyclic) bond motifs is 2. The number of rotatable bonds is 10. The van der Waals surface area contributed by atoms with Gasteiger partial charge in [-0.3, -0.25) is 0 Å². The number of anilines is 1. The molecule has 11 heteroatoms. The molecule has 2 aliphatic carbocycles. The van der Waals surface area contributed by atoms with E-state index in [2.05, 4.69) is 50.9 Å². The van der Waals surface area contributed by atoms with Gasteiger partial charge >= 0.3 is 5.97 Å². The Kier molecular flexibility index (Phi) is 11.4. The lowest BCUT2D eigenvalue weighted by atomic mass is 9.69. The fourth-order valence-electron chi connectivity index (χ4n) is 7.00. The molecule has 1 heterocycles. The Hall–Kier alpha value is -2.37. The number of ether oxygens (including phenoxy) is 1. The van der Waals surface area contributed by atoms with Gasteiger partial charge in [-0.25, -0.2) is 18.4 Å². The smallest absolute Gasteiger partial charge is 0.335 e. The number of primary sulfonamides is 1. The van der Waals surface area contributed by atoms with Crippen LogP contribution >= 0.6 is 11.6 Å². The molecule has 8 nitrogen and oxygen atoms in total. The number of aromatic carboxylic acids is 1. The first-order valence-electron chi connectivity index (χ1n) is 17.4. The van der Waals surface area contributed by atoms with Gasteiger partial charge in [0.1, 0.15) is 12.4 Å². The van der Waals surface area contributed by atoms with Gasteiger partial charge in [0.2, 0.25) is 10.0 Å². The third-order valence-electron chi connectivity index (χ3n) is 11.3. The molecule has 2 aromatic rings. The van der Waals surface area contributed by atoms with Crippen LogP contribution in [0.15, 0.2) is 48.6 Å². The highest BCUT2D eigenvalue weighted by Gasteiger charge is 2.44. The highest BCUT2D eigenvalue weighted by molar-refractivity contribution is 7.89. The molecular formula is C37H53ClN2O6SSi. The number of benzene rings is 2. The predicted octanol–water partition coefficient (Wildman–Crippen LogP) is 8.05. The minimum Gasteiger partial charge on any atom is -0.487 e. The number of nitrogens with zero attached hydrogens (tertiary/aromatic N) is 1. The molecule has 1 aliphatic heterocycles. The maximum Gasteiger partial charge on any atom is 0.335 e. The first-order valence-corrected chi connectivity index (χ1v) is 22.4. The fraction of sp³-hybridized carbons (Fsp3) is 0.595. The fourth-order valence-corrected chi connectivity index (χ4v) is 9.49. The number of nitrogens with two attached hydrogens (primary N) is 1. The monoisotopic (exact) mass is 716 g/mol. The van der Waals surface area contributed by atoms with Crippen LogP contribution in [0.4, 0.5) is 5.69 Å². The van der Waals surface area contributed by atoms with Crippen LogP contribution in [-0.4, -0.2) is 52.8 Å². The number of sulfonamides is 1. The van der Waals surface area contributed by atoms with E-state index in [4.69, 9.17) is 25.9 Å². The maximum absolute atomic E-state index is 12.1. The van der Waals surface area contributed by atoms with Crippen molar-refractivity contribution in [2.75, 3.05) is 23.7 Å². The number of hydrogen-bond acceptors (Lipinski definition) is 6. The van der Waals surface area contributed by atoms with Gasteiger partial charge in [0.15, 0.2) is 8.32 Å². The summed E-state index contributed by atoms with van der Waals surface area (Å²) in [5.41, 5.74) is 3.34. The van der Waals surface area contributed by atoms with Crippen molar-refractivity contribution in [1.82, 2.24) is 0 Å². The predicted molar refractivity (Wildman–Crippen MR) is 196 cm³/mol. The molecule has 2 saturated carbocycles. The first kappa shape index (κ1) is 36.9. The van der Waals surface area contributed by atoms with Gasteiger partial charge in [0.05, 0.1) is 23.1 Å². The summed E-state index contributed by atoms with van der Waals surface area (Å²) >= 11 is 6.35. The summed E-state index contributed by atoms with van der Waals surface area (Å²) in [4.78, 5) is 14.4. The Morgan fingerprint density at radius 2 is 1.85 bits per heavy atom. The molecule has 2 fully saturated rings. The zero-order valence-corrected chi connectivity index (χ0v) is 31.7. The van der Waals surface area contributed by atoms with E-state index in [0.717, 1.165) is 69.3 Å². The van der Waals surface area contributed by atoms with Crippen LogP contribution < -0.4 is 14.8 Å². The van der Waals surface area contributed by atoms with Crippen molar-refractivity contribution in [3.05, 3.63) is 70.3 Å². The third kappa shape index (κ3) is 9.04. The Labute approximate surface area is 293 Å². The summed E-state index contributed by atoms with van der Waals surface area (Å²) in [6, 6.07) is 11.1. The minimum absolute atomic E-state index is 0.0225. The van der Waals surface area contributed by atoms with E-state index in [1.165, 1.54) is 5.56 Å². The molecule has 0 aromatic heterocycles. The standard InChI is InChI=1S/C37H53ClN2O6SSi/c1-37(2,3)48(4,5)46-34(17-13-25-9-10-30(25)24-47(39,43)44)32-16-12-28(32)22-40-19-7-6-8-26-20-31(38)15-11-29(26)23-45-35-18-14-27(36(41)42)21-33(35)40/h11,13-15,17-18,20-21,25,28,30,32,34H,6-10,12,16,19,22-24H2,1-5H3,(H,41,42)(H2,39,43,44)/b17-13-/t25-,28-,30+,32-,34?/m1/s1. The number of carbonyl (C=O) groups is 1. The topological polar surface area (TPSA) is 119 Å². The van der Waals surface area contributed by atoms with Crippen molar-refractivity contribution in [2.24, 2.45) is 28.8 Å². The van der Waals surface area contributed by atoms with Gasteiger partial charge in [-0.15, -0.1) is 0 Å². The zero-order valence-electron chi connectivity index (χ0n) is 29.1. The lowest BCUT2D eigenvalue weighted by Gasteiger charge is -2.48. The summed E-state index contributed by atoms with van der Waals surface area (Å²) in [6.07, 6.45) is 11.1. The largest absolute Gasteiger partial charge is 0.487 e. The lowest BCUT2D eigenvalue weighted by Crippen LogP contribution is -2.50. The van der Waals surface area contributed by atoms with Crippen molar-refractivity contribution < 1.29 is 27.5 Å². The number of halogens is 1. The van der Waals surface area contributed by atoms with Crippen molar-refractivity contribution >= 4 is 41.6 Å². The zero-order chi connectivity index (χ0) is 34.9. The summed E-state index contributed by atoms with van der Waals surface area (Å²) in [5, 5.41) is 16.1. The van der Waals surface area contributed by atoms with E-state index in [1.807, 2.05) is 18.2 Å². The SMILES string of the molecule is CC(C)(C)[Si](C)(C)OC(/C=C\[C@H]1CC[C@H]1CS(N)(=O)=O)[C@@H]1CC[C@@H]1CN1CCCCc2cc(Cl)ccc2COc2ccc(C(=O)O)cc21. The number of carboxylic acids is 1. The summed E-state index contributed by atoms with van der Waals surface area (Å²) < 4.78 is 37.2. The molecule has 5 atom stereocenters. The van der Waals surface area contributed by atoms with Crippen molar-refractivity contribution in [3.8, 4) is 5.75 Å².